The Bertz CT molecular complexity index is 666. The van der Waals surface area contributed by atoms with Crippen LogP contribution in [0.15, 0.2) is 17.8 Å². The Morgan fingerprint density at radius 3 is 2.85 bits per heavy atom. The average Bonchev–Trinajstić information content (AvgIpc) is 2.88. The first-order valence-electron chi connectivity index (χ1n) is 6.09. The Morgan fingerprint density at radius 2 is 2.15 bits per heavy atom. The molecule has 1 aliphatic rings. The molecule has 20 heavy (non-hydrogen) atoms. The van der Waals surface area contributed by atoms with E-state index < -0.39 is 5.30 Å². The Hall–Kier alpha value is -1.27. The van der Waals surface area contributed by atoms with E-state index in [1.54, 1.807) is 11.7 Å². The van der Waals surface area contributed by atoms with Gasteiger partial charge < -0.3 is 9.47 Å². The second kappa shape index (κ2) is 5.26. The van der Waals surface area contributed by atoms with Crippen molar-refractivity contribution in [2.24, 2.45) is 0 Å². The molecule has 0 fully saturated rings. The molecule has 0 atom stereocenters. The summed E-state index contributed by atoms with van der Waals surface area (Å²) in [4.78, 5) is 8.50. The summed E-state index contributed by atoms with van der Waals surface area (Å²) >= 11 is 1.51. The van der Waals surface area contributed by atoms with Gasteiger partial charge in [0.2, 0.25) is 5.88 Å². The lowest BCUT2D eigenvalue weighted by atomic mass is 9.52. The number of thiazole rings is 1. The first-order chi connectivity index (χ1) is 9.54. The van der Waals surface area contributed by atoms with E-state index in [0.717, 1.165) is 16.7 Å². The van der Waals surface area contributed by atoms with E-state index in [1.807, 2.05) is 0 Å². The minimum atomic E-state index is -1.77. The SMILES string of the molecule is [B]C([B])([B])Oc1ncc(C2=CCOCC2)c2scnc12. The molecule has 0 saturated carbocycles. The molecule has 0 bridgehead atoms. The minimum absolute atomic E-state index is 0.241. The number of aromatic nitrogens is 2. The molecule has 0 aliphatic carbocycles. The maximum Gasteiger partial charge on any atom is 0.239 e. The van der Waals surface area contributed by atoms with Crippen molar-refractivity contribution in [3.63, 3.8) is 0 Å². The molecular formula is C12H9B3N2O2S. The molecule has 2 aromatic heterocycles. The van der Waals surface area contributed by atoms with Gasteiger partial charge in [-0.2, -0.15) is 0 Å². The maximum absolute atomic E-state index is 5.45. The Labute approximate surface area is 124 Å². The third kappa shape index (κ3) is 2.76. The lowest BCUT2D eigenvalue weighted by molar-refractivity contribution is 0.161. The molecule has 0 spiro atoms. The van der Waals surface area contributed by atoms with E-state index in [2.05, 4.69) is 16.0 Å². The highest BCUT2D eigenvalue weighted by molar-refractivity contribution is 7.17. The van der Waals surface area contributed by atoms with Gasteiger partial charge in [-0.15, -0.1) is 11.3 Å². The summed E-state index contributed by atoms with van der Waals surface area (Å²) in [5.74, 6) is 0.241. The second-order valence-corrected chi connectivity index (χ2v) is 5.37. The highest BCUT2D eigenvalue weighted by atomic mass is 32.1. The molecule has 3 rings (SSSR count). The predicted molar refractivity (Wildman–Crippen MR) is 81.4 cm³/mol. The summed E-state index contributed by atoms with van der Waals surface area (Å²) in [6, 6.07) is 0. The zero-order valence-corrected chi connectivity index (χ0v) is 11.5. The van der Waals surface area contributed by atoms with Gasteiger partial charge in [0.1, 0.15) is 29.1 Å². The molecule has 0 aromatic carbocycles. The van der Waals surface area contributed by atoms with Gasteiger partial charge in [-0.25, -0.2) is 9.97 Å². The number of nitrogens with zero attached hydrogens (tertiary/aromatic N) is 2. The number of ether oxygens (including phenoxy) is 2. The standard InChI is InChI=1S/C12H9B3N2O2S/c13-12(14,15)19-11-9-10(20-6-17-9)8(5-16-11)7-1-3-18-4-2-7/h1,5-6H,2-4H2. The van der Waals surface area contributed by atoms with Crippen molar-refractivity contribution in [3.8, 4) is 5.88 Å². The molecule has 94 valence electrons. The van der Waals surface area contributed by atoms with E-state index >= 15 is 0 Å². The van der Waals surface area contributed by atoms with Crippen LogP contribution in [0.1, 0.15) is 12.0 Å². The van der Waals surface area contributed by atoms with Gasteiger partial charge in [0, 0.05) is 11.8 Å². The van der Waals surface area contributed by atoms with Crippen LogP contribution >= 0.6 is 11.3 Å². The quantitative estimate of drug-likeness (QED) is 0.785. The zero-order valence-electron chi connectivity index (χ0n) is 10.7. The highest BCUT2D eigenvalue weighted by Gasteiger charge is 2.19. The van der Waals surface area contributed by atoms with Crippen LogP contribution < -0.4 is 4.74 Å². The van der Waals surface area contributed by atoms with Gasteiger partial charge in [-0.05, 0) is 17.3 Å². The fourth-order valence-electron chi connectivity index (χ4n) is 2.08. The molecular weight excluding hydrogens is 269 g/mol. The molecule has 0 saturated heterocycles. The highest BCUT2D eigenvalue weighted by Crippen LogP contribution is 2.34. The number of pyridine rings is 1. The minimum Gasteiger partial charge on any atom is -0.499 e. The Morgan fingerprint density at radius 1 is 1.30 bits per heavy atom. The number of rotatable bonds is 3. The number of hydrogen-bond acceptors (Lipinski definition) is 5. The third-order valence-electron chi connectivity index (χ3n) is 2.91. The summed E-state index contributed by atoms with van der Waals surface area (Å²) in [5.41, 5.74) is 4.58. The molecule has 4 nitrogen and oxygen atoms in total. The third-order valence-corrected chi connectivity index (χ3v) is 3.77. The van der Waals surface area contributed by atoms with E-state index in [1.165, 1.54) is 16.9 Å². The van der Waals surface area contributed by atoms with Gasteiger partial charge in [-0.1, -0.05) is 6.08 Å². The lowest BCUT2D eigenvalue weighted by Gasteiger charge is -2.23. The van der Waals surface area contributed by atoms with Crippen LogP contribution in [0.4, 0.5) is 0 Å². The van der Waals surface area contributed by atoms with Crippen molar-refractivity contribution < 1.29 is 9.47 Å². The zero-order chi connectivity index (χ0) is 14.2. The fourth-order valence-corrected chi connectivity index (χ4v) is 2.90. The fraction of sp³-hybridized carbons (Fsp3) is 0.333. The number of hydrogen-bond donors (Lipinski definition) is 0. The lowest BCUT2D eigenvalue weighted by Crippen LogP contribution is -2.37. The van der Waals surface area contributed by atoms with Gasteiger partial charge in [-0.3, -0.25) is 0 Å². The van der Waals surface area contributed by atoms with Crippen LogP contribution in [-0.2, 0) is 4.74 Å². The van der Waals surface area contributed by atoms with Crippen LogP contribution in [0, 0.1) is 0 Å². The summed E-state index contributed by atoms with van der Waals surface area (Å²) in [5, 5.41) is -1.77. The van der Waals surface area contributed by atoms with Gasteiger partial charge in [0.25, 0.3) is 0 Å². The number of fused-ring (bicyclic) bond motifs is 1. The Balaban J connectivity index is 2.07. The predicted octanol–water partition coefficient (Wildman–Crippen LogP) is 0.991. The van der Waals surface area contributed by atoms with Crippen molar-refractivity contribution in [3.05, 3.63) is 23.3 Å². The molecule has 0 N–H and O–H groups in total. The van der Waals surface area contributed by atoms with E-state index in [9.17, 15) is 0 Å². The summed E-state index contributed by atoms with van der Waals surface area (Å²) in [7, 11) is 16.3. The normalized spacial score (nSPS) is 16.1. The molecule has 3 heterocycles. The van der Waals surface area contributed by atoms with Gasteiger partial charge in [0.05, 0.1) is 23.4 Å². The van der Waals surface area contributed by atoms with Crippen LogP contribution in [0.5, 0.6) is 5.88 Å². The molecule has 0 amide bonds. The molecule has 2 aromatic rings. The van der Waals surface area contributed by atoms with Crippen LogP contribution in [0.25, 0.3) is 15.8 Å². The van der Waals surface area contributed by atoms with Gasteiger partial charge in [0.15, 0.2) is 0 Å². The average molecular weight is 278 g/mol. The van der Waals surface area contributed by atoms with Crippen molar-refractivity contribution in [2.45, 2.75) is 11.7 Å². The Kier molecular flexibility index (Phi) is 3.60. The molecule has 1 aliphatic heterocycles. The molecule has 6 radical (unpaired) electrons. The van der Waals surface area contributed by atoms with E-state index in [-0.39, 0.29) is 5.88 Å². The topological polar surface area (TPSA) is 44.2 Å². The largest absolute Gasteiger partial charge is 0.499 e. The van der Waals surface area contributed by atoms with E-state index in [4.69, 9.17) is 33.0 Å². The van der Waals surface area contributed by atoms with E-state index in [0.29, 0.717) is 18.7 Å². The second-order valence-electron chi connectivity index (χ2n) is 4.52. The van der Waals surface area contributed by atoms with Crippen LogP contribution in [0.3, 0.4) is 0 Å². The van der Waals surface area contributed by atoms with Crippen molar-refractivity contribution in [1.82, 2.24) is 9.97 Å². The molecule has 8 heteroatoms. The summed E-state index contributed by atoms with van der Waals surface area (Å²) in [6.45, 7) is 1.33. The van der Waals surface area contributed by atoms with Crippen molar-refractivity contribution in [1.29, 1.82) is 0 Å². The first-order valence-corrected chi connectivity index (χ1v) is 6.97. The monoisotopic (exact) mass is 278 g/mol. The smallest absolute Gasteiger partial charge is 0.239 e. The first kappa shape index (κ1) is 13.7. The van der Waals surface area contributed by atoms with Gasteiger partial charge >= 0.3 is 0 Å². The van der Waals surface area contributed by atoms with Crippen LogP contribution in [-0.4, -0.2) is 52.0 Å². The summed E-state index contributed by atoms with van der Waals surface area (Å²) in [6.07, 6.45) is 4.64. The van der Waals surface area contributed by atoms with Crippen molar-refractivity contribution >= 4 is 50.7 Å². The maximum atomic E-state index is 5.45. The molecule has 0 unspecified atom stereocenters. The summed E-state index contributed by atoms with van der Waals surface area (Å²) < 4.78 is 11.5. The van der Waals surface area contributed by atoms with Crippen LogP contribution in [0.2, 0.25) is 0 Å². The van der Waals surface area contributed by atoms with Crippen molar-refractivity contribution in [2.75, 3.05) is 13.2 Å².